The van der Waals surface area contributed by atoms with Crippen molar-refractivity contribution < 1.29 is 0 Å². The summed E-state index contributed by atoms with van der Waals surface area (Å²) < 4.78 is 1.20. The molecule has 0 bridgehead atoms. The Labute approximate surface area is 130 Å². The van der Waals surface area contributed by atoms with Crippen LogP contribution in [-0.4, -0.2) is 18.8 Å². The number of likely N-dealkylation sites (N-methyl/N-ethyl adjacent to an activating group) is 1. The number of fused-ring (bicyclic) bond motifs is 1. The molecule has 19 heavy (non-hydrogen) atoms. The van der Waals surface area contributed by atoms with Gasteiger partial charge >= 0.3 is 0 Å². The molecule has 2 heterocycles. The highest BCUT2D eigenvalue weighted by Gasteiger charge is 2.29. The van der Waals surface area contributed by atoms with Crippen LogP contribution in [0.1, 0.15) is 16.4 Å². The summed E-state index contributed by atoms with van der Waals surface area (Å²) in [5.41, 5.74) is 1.52. The molecular weight excluding hydrogens is 338 g/mol. The highest BCUT2D eigenvalue weighted by atomic mass is 79.9. The number of halogens is 1. The maximum absolute atomic E-state index is 3.54. The Morgan fingerprint density at radius 2 is 2.26 bits per heavy atom. The highest BCUT2D eigenvalue weighted by Crippen LogP contribution is 2.41. The van der Waals surface area contributed by atoms with Crippen LogP contribution in [0.3, 0.4) is 0 Å². The summed E-state index contributed by atoms with van der Waals surface area (Å²) in [7, 11) is 2.08. The van der Waals surface area contributed by atoms with Gasteiger partial charge in [-0.1, -0.05) is 18.2 Å². The van der Waals surface area contributed by atoms with Gasteiger partial charge in [-0.05, 0) is 47.1 Å². The highest BCUT2D eigenvalue weighted by molar-refractivity contribution is 9.10. The van der Waals surface area contributed by atoms with E-state index in [2.05, 4.69) is 64.0 Å². The van der Waals surface area contributed by atoms with E-state index < -0.39 is 0 Å². The van der Waals surface area contributed by atoms with Crippen molar-refractivity contribution in [3.8, 4) is 0 Å². The lowest BCUT2D eigenvalue weighted by Gasteiger charge is -2.23. The fraction of sp³-hybridized carbons (Fsp3) is 0.333. The maximum atomic E-state index is 3.54. The molecule has 1 aromatic carbocycles. The third kappa shape index (κ3) is 2.92. The van der Waals surface area contributed by atoms with Crippen molar-refractivity contribution in [1.29, 1.82) is 0 Å². The number of hydrogen-bond donors (Lipinski definition) is 1. The van der Waals surface area contributed by atoms with E-state index in [0.717, 1.165) is 6.42 Å². The van der Waals surface area contributed by atoms with Gasteiger partial charge in [0.1, 0.15) is 0 Å². The first-order valence-electron chi connectivity index (χ1n) is 6.40. The van der Waals surface area contributed by atoms with Crippen molar-refractivity contribution in [2.45, 2.75) is 23.3 Å². The molecule has 0 saturated carbocycles. The molecule has 0 fully saturated rings. The average Bonchev–Trinajstić information content (AvgIpc) is 3.02. The van der Waals surface area contributed by atoms with Crippen molar-refractivity contribution in [1.82, 2.24) is 5.32 Å². The molecule has 1 aliphatic heterocycles. The molecule has 1 nitrogen and oxygen atoms in total. The molecule has 100 valence electrons. The SMILES string of the molecule is CNC(Cc1cc(Br)cs1)C1CSc2ccccc21. The number of benzene rings is 1. The Balaban J connectivity index is 1.80. The molecule has 1 aromatic heterocycles. The van der Waals surface area contributed by atoms with E-state index in [9.17, 15) is 0 Å². The Kier molecular flexibility index (Phi) is 4.32. The first kappa shape index (κ1) is 13.7. The summed E-state index contributed by atoms with van der Waals surface area (Å²) >= 11 is 7.37. The van der Waals surface area contributed by atoms with Crippen LogP contribution in [0.5, 0.6) is 0 Å². The van der Waals surface area contributed by atoms with Crippen molar-refractivity contribution >= 4 is 39.0 Å². The second-order valence-corrected chi connectivity index (χ2v) is 7.76. The Bertz CT molecular complexity index is 567. The van der Waals surface area contributed by atoms with E-state index in [1.54, 1.807) is 0 Å². The molecule has 0 aliphatic carbocycles. The summed E-state index contributed by atoms with van der Waals surface area (Å²) in [6.45, 7) is 0. The van der Waals surface area contributed by atoms with Gasteiger partial charge in [0.05, 0.1) is 0 Å². The minimum absolute atomic E-state index is 0.515. The van der Waals surface area contributed by atoms with Gasteiger partial charge in [-0.2, -0.15) is 0 Å². The van der Waals surface area contributed by atoms with Gasteiger partial charge in [0.25, 0.3) is 0 Å². The summed E-state index contributed by atoms with van der Waals surface area (Å²) in [5.74, 6) is 1.81. The molecule has 0 saturated heterocycles. The summed E-state index contributed by atoms with van der Waals surface area (Å²) in [5, 5.41) is 5.69. The molecule has 4 heteroatoms. The zero-order chi connectivity index (χ0) is 13.2. The molecule has 2 aromatic rings. The summed E-state index contributed by atoms with van der Waals surface area (Å²) in [4.78, 5) is 2.90. The Hall–Kier alpha value is -0.290. The number of rotatable bonds is 4. The predicted molar refractivity (Wildman–Crippen MR) is 88.5 cm³/mol. The van der Waals surface area contributed by atoms with Crippen LogP contribution in [0.4, 0.5) is 0 Å². The summed E-state index contributed by atoms with van der Waals surface area (Å²) in [6, 6.07) is 11.6. The normalized spacial score (nSPS) is 19.4. The van der Waals surface area contributed by atoms with Crippen LogP contribution in [0.15, 0.2) is 45.1 Å². The Morgan fingerprint density at radius 1 is 1.42 bits per heavy atom. The van der Waals surface area contributed by atoms with Crippen molar-refractivity contribution in [3.05, 3.63) is 50.6 Å². The van der Waals surface area contributed by atoms with E-state index in [1.807, 2.05) is 23.1 Å². The first-order chi connectivity index (χ1) is 9.28. The first-order valence-corrected chi connectivity index (χ1v) is 9.05. The van der Waals surface area contributed by atoms with Crippen molar-refractivity contribution in [2.75, 3.05) is 12.8 Å². The molecule has 1 aliphatic rings. The maximum Gasteiger partial charge on any atom is 0.0285 e. The van der Waals surface area contributed by atoms with Crippen molar-refractivity contribution in [3.63, 3.8) is 0 Å². The van der Waals surface area contributed by atoms with Crippen molar-refractivity contribution in [2.24, 2.45) is 0 Å². The lowest BCUT2D eigenvalue weighted by molar-refractivity contribution is 0.492. The minimum Gasteiger partial charge on any atom is -0.316 e. The van der Waals surface area contributed by atoms with Gasteiger partial charge in [0, 0.05) is 37.3 Å². The van der Waals surface area contributed by atoms with Crippen LogP contribution < -0.4 is 5.32 Å². The van der Waals surface area contributed by atoms with Crippen LogP contribution in [0, 0.1) is 0 Å². The van der Waals surface area contributed by atoms with Gasteiger partial charge in [-0.25, -0.2) is 0 Å². The van der Waals surface area contributed by atoms with E-state index in [0.29, 0.717) is 12.0 Å². The van der Waals surface area contributed by atoms with Gasteiger partial charge < -0.3 is 5.32 Å². The number of thiophene rings is 1. The van der Waals surface area contributed by atoms with Crippen LogP contribution >= 0.6 is 39.0 Å². The topological polar surface area (TPSA) is 12.0 Å². The van der Waals surface area contributed by atoms with Crippen LogP contribution in [0.25, 0.3) is 0 Å². The second kappa shape index (κ2) is 6.00. The lowest BCUT2D eigenvalue weighted by Crippen LogP contribution is -2.34. The summed E-state index contributed by atoms with van der Waals surface area (Å²) in [6.07, 6.45) is 1.10. The molecular formula is C15H16BrNS2. The zero-order valence-corrected chi connectivity index (χ0v) is 13.9. The predicted octanol–water partition coefficient (Wildman–Crippen LogP) is 4.53. The second-order valence-electron chi connectivity index (χ2n) is 4.79. The molecule has 3 rings (SSSR count). The zero-order valence-electron chi connectivity index (χ0n) is 10.7. The third-order valence-electron chi connectivity index (χ3n) is 3.64. The minimum atomic E-state index is 0.515. The number of thioether (sulfide) groups is 1. The quantitative estimate of drug-likeness (QED) is 0.866. The van der Waals surface area contributed by atoms with E-state index in [-0.39, 0.29) is 0 Å². The lowest BCUT2D eigenvalue weighted by atomic mass is 9.91. The smallest absolute Gasteiger partial charge is 0.0285 e. The van der Waals surface area contributed by atoms with Gasteiger partial charge in [0.2, 0.25) is 0 Å². The molecule has 1 N–H and O–H groups in total. The Morgan fingerprint density at radius 3 is 3.00 bits per heavy atom. The molecule has 0 spiro atoms. The largest absolute Gasteiger partial charge is 0.316 e. The van der Waals surface area contributed by atoms with Gasteiger partial charge in [-0.15, -0.1) is 23.1 Å². The fourth-order valence-corrected chi connectivity index (χ4v) is 5.49. The van der Waals surface area contributed by atoms with E-state index >= 15 is 0 Å². The fourth-order valence-electron chi connectivity index (χ4n) is 2.64. The monoisotopic (exact) mass is 353 g/mol. The van der Waals surface area contributed by atoms with E-state index in [1.165, 1.54) is 25.6 Å². The number of nitrogens with one attached hydrogen (secondary N) is 1. The van der Waals surface area contributed by atoms with Crippen LogP contribution in [0.2, 0.25) is 0 Å². The standard InChI is InChI=1S/C15H16BrNS2/c1-17-14(7-11-6-10(16)8-18-11)13-9-19-15-5-3-2-4-12(13)15/h2-6,8,13-14,17H,7,9H2,1H3. The molecule has 2 unspecified atom stereocenters. The number of hydrogen-bond acceptors (Lipinski definition) is 3. The van der Waals surface area contributed by atoms with E-state index in [4.69, 9.17) is 0 Å². The molecule has 2 atom stereocenters. The van der Waals surface area contributed by atoms with Gasteiger partial charge in [0.15, 0.2) is 0 Å². The average molecular weight is 354 g/mol. The molecule has 0 amide bonds. The molecule has 0 radical (unpaired) electrons. The third-order valence-corrected chi connectivity index (χ3v) is 6.56. The van der Waals surface area contributed by atoms with Gasteiger partial charge in [-0.3, -0.25) is 0 Å². The van der Waals surface area contributed by atoms with Crippen LogP contribution in [-0.2, 0) is 6.42 Å².